The van der Waals surface area contributed by atoms with Gasteiger partial charge in [0.15, 0.2) is 5.82 Å². The predicted molar refractivity (Wildman–Crippen MR) is 78.9 cm³/mol. The summed E-state index contributed by atoms with van der Waals surface area (Å²) in [6.45, 7) is 0. The number of fused-ring (bicyclic) bond motifs is 1. The molecule has 1 aromatic carbocycles. The van der Waals surface area contributed by atoms with Crippen LogP contribution < -0.4 is 0 Å². The summed E-state index contributed by atoms with van der Waals surface area (Å²) in [6.07, 6.45) is 1.90. The van der Waals surface area contributed by atoms with Crippen LogP contribution >= 0.6 is 11.3 Å². The molecule has 0 spiro atoms. The molecule has 2 aromatic heterocycles. The second-order valence-corrected chi connectivity index (χ2v) is 6.02. The van der Waals surface area contributed by atoms with Gasteiger partial charge in [-0.1, -0.05) is 29.4 Å². The lowest BCUT2D eigenvalue weighted by Crippen LogP contribution is -2.00. The predicted octanol–water partition coefficient (Wildman–Crippen LogP) is 3.55. The van der Waals surface area contributed by atoms with E-state index in [1.165, 1.54) is 22.5 Å². The van der Waals surface area contributed by atoms with Gasteiger partial charge in [0.1, 0.15) is 10.9 Å². The van der Waals surface area contributed by atoms with Crippen molar-refractivity contribution in [3.05, 3.63) is 58.2 Å². The van der Waals surface area contributed by atoms with Crippen LogP contribution in [-0.2, 0) is 12.8 Å². The van der Waals surface area contributed by atoms with Crippen molar-refractivity contribution in [1.29, 1.82) is 5.26 Å². The molecule has 0 radical (unpaired) electrons. The van der Waals surface area contributed by atoms with E-state index < -0.39 is 0 Å². The number of nitriles is 1. The van der Waals surface area contributed by atoms with Crippen LogP contribution in [-0.4, -0.2) is 10.1 Å². The summed E-state index contributed by atoms with van der Waals surface area (Å²) in [6, 6.07) is 12.4. The Morgan fingerprint density at radius 2 is 1.95 bits per heavy atom. The standard InChI is InChI=1S/C16H11N3OS/c17-9-12-5-6-21-14(12)16-18-15(19-20-16)13-7-10-3-1-2-4-11(10)8-13/h1-6,13H,7-8H2. The first-order valence-corrected chi connectivity index (χ1v) is 7.61. The van der Waals surface area contributed by atoms with Gasteiger partial charge in [0.05, 0.1) is 5.56 Å². The van der Waals surface area contributed by atoms with Gasteiger partial charge < -0.3 is 4.52 Å². The number of benzene rings is 1. The molecule has 0 saturated heterocycles. The Morgan fingerprint density at radius 1 is 1.19 bits per heavy atom. The highest BCUT2D eigenvalue weighted by atomic mass is 32.1. The van der Waals surface area contributed by atoms with Crippen LogP contribution in [0.1, 0.15) is 28.4 Å². The molecule has 4 nitrogen and oxygen atoms in total. The minimum absolute atomic E-state index is 0.269. The van der Waals surface area contributed by atoms with Crippen molar-refractivity contribution < 1.29 is 4.52 Å². The Labute approximate surface area is 125 Å². The fourth-order valence-electron chi connectivity index (χ4n) is 2.80. The molecule has 0 fully saturated rings. The van der Waals surface area contributed by atoms with Crippen molar-refractivity contribution in [3.63, 3.8) is 0 Å². The second-order valence-electron chi connectivity index (χ2n) is 5.11. The number of hydrogen-bond donors (Lipinski definition) is 0. The first-order valence-electron chi connectivity index (χ1n) is 6.73. The summed E-state index contributed by atoms with van der Waals surface area (Å²) in [4.78, 5) is 5.26. The van der Waals surface area contributed by atoms with E-state index in [1.54, 1.807) is 6.07 Å². The number of nitrogens with zero attached hydrogens (tertiary/aromatic N) is 3. The number of thiophene rings is 1. The number of hydrogen-bond acceptors (Lipinski definition) is 5. The van der Waals surface area contributed by atoms with Crippen LogP contribution in [0.3, 0.4) is 0 Å². The molecule has 0 N–H and O–H groups in total. The monoisotopic (exact) mass is 293 g/mol. The SMILES string of the molecule is N#Cc1ccsc1-c1nc(C2Cc3ccccc3C2)no1. The highest BCUT2D eigenvalue weighted by Crippen LogP contribution is 2.34. The molecular formula is C16H11N3OS. The van der Waals surface area contributed by atoms with Crippen LogP contribution in [0.25, 0.3) is 10.8 Å². The molecule has 5 heteroatoms. The largest absolute Gasteiger partial charge is 0.333 e. The van der Waals surface area contributed by atoms with Crippen LogP contribution in [0.4, 0.5) is 0 Å². The molecular weight excluding hydrogens is 282 g/mol. The summed E-state index contributed by atoms with van der Waals surface area (Å²) >= 11 is 1.45. The normalized spacial score (nSPS) is 14.0. The first-order chi connectivity index (χ1) is 10.3. The van der Waals surface area contributed by atoms with Gasteiger partial charge in [0.25, 0.3) is 5.89 Å². The molecule has 0 aliphatic heterocycles. The third-order valence-corrected chi connectivity index (χ3v) is 4.74. The molecule has 0 saturated carbocycles. The van der Waals surface area contributed by atoms with Gasteiger partial charge >= 0.3 is 0 Å². The van der Waals surface area contributed by atoms with Gasteiger partial charge in [0.2, 0.25) is 0 Å². The average Bonchev–Trinajstić information content (AvgIpc) is 3.23. The molecule has 2 heterocycles. The van der Waals surface area contributed by atoms with Crippen molar-refractivity contribution in [2.45, 2.75) is 18.8 Å². The fourth-order valence-corrected chi connectivity index (χ4v) is 3.56. The molecule has 0 unspecified atom stereocenters. The summed E-state index contributed by atoms with van der Waals surface area (Å²) < 4.78 is 5.36. The van der Waals surface area contributed by atoms with E-state index >= 15 is 0 Å². The Balaban J connectivity index is 1.64. The Kier molecular flexibility index (Phi) is 2.83. The molecule has 0 atom stereocenters. The van der Waals surface area contributed by atoms with Crippen LogP contribution in [0, 0.1) is 11.3 Å². The molecule has 102 valence electrons. The van der Waals surface area contributed by atoms with Crippen LogP contribution in [0.2, 0.25) is 0 Å². The molecule has 4 rings (SSSR count). The Bertz CT molecular complexity index is 818. The van der Waals surface area contributed by atoms with Crippen molar-refractivity contribution in [2.75, 3.05) is 0 Å². The van der Waals surface area contributed by atoms with Crippen molar-refractivity contribution >= 4 is 11.3 Å². The molecule has 0 amide bonds. The summed E-state index contributed by atoms with van der Waals surface area (Å²) in [5.41, 5.74) is 3.32. The third kappa shape index (κ3) is 2.05. The first kappa shape index (κ1) is 12.3. The highest BCUT2D eigenvalue weighted by molar-refractivity contribution is 7.13. The lowest BCUT2D eigenvalue weighted by molar-refractivity contribution is 0.417. The summed E-state index contributed by atoms with van der Waals surface area (Å²) in [5.74, 6) is 1.45. The zero-order valence-corrected chi connectivity index (χ0v) is 11.9. The molecule has 0 bridgehead atoms. The van der Waals surface area contributed by atoms with E-state index in [0.717, 1.165) is 23.5 Å². The minimum atomic E-state index is 0.269. The van der Waals surface area contributed by atoms with Crippen LogP contribution in [0.5, 0.6) is 0 Å². The number of rotatable bonds is 2. The van der Waals surface area contributed by atoms with E-state index in [4.69, 9.17) is 9.78 Å². The van der Waals surface area contributed by atoms with Gasteiger partial charge in [-0.25, -0.2) is 0 Å². The Hall–Kier alpha value is -2.45. The number of aromatic nitrogens is 2. The minimum Gasteiger partial charge on any atom is -0.333 e. The highest BCUT2D eigenvalue weighted by Gasteiger charge is 2.27. The zero-order chi connectivity index (χ0) is 14.2. The van der Waals surface area contributed by atoms with Gasteiger partial charge in [-0.3, -0.25) is 0 Å². The van der Waals surface area contributed by atoms with Gasteiger partial charge in [0, 0.05) is 5.92 Å². The van der Waals surface area contributed by atoms with Crippen molar-refractivity contribution in [2.24, 2.45) is 0 Å². The summed E-state index contributed by atoms with van der Waals surface area (Å²) in [5, 5.41) is 15.1. The van der Waals surface area contributed by atoms with Crippen molar-refractivity contribution in [1.82, 2.24) is 10.1 Å². The van der Waals surface area contributed by atoms with E-state index in [1.807, 2.05) is 5.38 Å². The van der Waals surface area contributed by atoms with Gasteiger partial charge in [-0.2, -0.15) is 10.2 Å². The summed E-state index contributed by atoms with van der Waals surface area (Å²) in [7, 11) is 0. The quantitative estimate of drug-likeness (QED) is 0.725. The van der Waals surface area contributed by atoms with Crippen LogP contribution in [0.15, 0.2) is 40.2 Å². The smallest absolute Gasteiger partial charge is 0.269 e. The lowest BCUT2D eigenvalue weighted by Gasteiger charge is -2.00. The fraction of sp³-hybridized carbons (Fsp3) is 0.188. The topological polar surface area (TPSA) is 62.7 Å². The van der Waals surface area contributed by atoms with E-state index in [-0.39, 0.29) is 5.92 Å². The maximum Gasteiger partial charge on any atom is 0.269 e. The zero-order valence-electron chi connectivity index (χ0n) is 11.1. The average molecular weight is 293 g/mol. The third-order valence-electron chi connectivity index (χ3n) is 3.84. The lowest BCUT2D eigenvalue weighted by atomic mass is 10.1. The van der Waals surface area contributed by atoms with E-state index in [2.05, 4.69) is 40.5 Å². The maximum absolute atomic E-state index is 9.07. The molecule has 1 aliphatic carbocycles. The molecule has 21 heavy (non-hydrogen) atoms. The van der Waals surface area contributed by atoms with Gasteiger partial charge in [-0.05, 0) is 35.4 Å². The molecule has 1 aliphatic rings. The Morgan fingerprint density at radius 3 is 2.67 bits per heavy atom. The van der Waals surface area contributed by atoms with E-state index in [0.29, 0.717) is 11.5 Å². The second kappa shape index (κ2) is 4.83. The van der Waals surface area contributed by atoms with Gasteiger partial charge in [-0.15, -0.1) is 11.3 Å². The maximum atomic E-state index is 9.07. The molecule has 3 aromatic rings. The van der Waals surface area contributed by atoms with Crippen molar-refractivity contribution in [3.8, 4) is 16.8 Å². The van der Waals surface area contributed by atoms with E-state index in [9.17, 15) is 0 Å².